The molecule has 2 aromatic carbocycles. The highest BCUT2D eigenvalue weighted by Crippen LogP contribution is 2.50. The molecule has 2 fully saturated rings. The van der Waals surface area contributed by atoms with Crippen LogP contribution in [0.4, 0.5) is 5.69 Å². The van der Waals surface area contributed by atoms with Gasteiger partial charge in [0.2, 0.25) is 10.0 Å². The normalized spacial score (nSPS) is 33.6. The number of hydrogen-bond donors (Lipinski definition) is 1. The van der Waals surface area contributed by atoms with Crippen LogP contribution in [0.25, 0.3) is 0 Å². The zero-order valence-electron chi connectivity index (χ0n) is 31.3. The maximum absolute atomic E-state index is 13.6. The molecule has 0 unspecified atom stereocenters. The molecule has 11 heteroatoms. The molecule has 280 valence electrons. The fourth-order valence-corrected chi connectivity index (χ4v) is 11.5. The maximum atomic E-state index is 13.6. The number of fused-ring (bicyclic) bond motifs is 4. The van der Waals surface area contributed by atoms with Crippen LogP contribution in [0.5, 0.6) is 5.75 Å². The van der Waals surface area contributed by atoms with Gasteiger partial charge in [0, 0.05) is 61.4 Å². The van der Waals surface area contributed by atoms with Crippen LogP contribution in [-0.4, -0.2) is 101 Å². The first kappa shape index (κ1) is 37.0. The highest BCUT2D eigenvalue weighted by molar-refractivity contribution is 7.90. The van der Waals surface area contributed by atoms with Gasteiger partial charge in [0.15, 0.2) is 0 Å². The lowest BCUT2D eigenvalue weighted by molar-refractivity contribution is -0.151. The second-order valence-corrected chi connectivity index (χ2v) is 19.6. The number of halogens is 1. The molecular formula is C40H57ClN4O5S. The third kappa shape index (κ3) is 6.82. The Bertz CT molecular complexity index is 1750. The second-order valence-electron chi connectivity index (χ2n) is 17.1. The number of carbonyl (C=O) groups is 1. The first-order valence-electron chi connectivity index (χ1n) is 19.0. The quantitative estimate of drug-likeness (QED) is 0.401. The number of likely N-dealkylation sites (tertiary alicyclic amines) is 1. The number of sulfonamides is 1. The van der Waals surface area contributed by atoms with E-state index in [-0.39, 0.29) is 22.5 Å². The average Bonchev–Trinajstić information content (AvgIpc) is 3.21. The second kappa shape index (κ2) is 13.8. The van der Waals surface area contributed by atoms with Gasteiger partial charge >= 0.3 is 0 Å². The predicted octanol–water partition coefficient (Wildman–Crippen LogP) is 6.13. The Morgan fingerprint density at radius 1 is 1.04 bits per heavy atom. The van der Waals surface area contributed by atoms with Gasteiger partial charge in [0.1, 0.15) is 5.75 Å². The molecule has 7 rings (SSSR count). The summed E-state index contributed by atoms with van der Waals surface area (Å²) >= 11 is 6.50. The van der Waals surface area contributed by atoms with Crippen molar-refractivity contribution in [2.24, 2.45) is 17.8 Å². The summed E-state index contributed by atoms with van der Waals surface area (Å²) in [5.74, 6) is 0.749. The van der Waals surface area contributed by atoms with E-state index in [1.807, 2.05) is 32.2 Å². The van der Waals surface area contributed by atoms with Gasteiger partial charge in [0.05, 0.1) is 23.1 Å². The number of ether oxygens (including phenoxy) is 2. The zero-order chi connectivity index (χ0) is 36.3. The number of carbonyl (C=O) groups excluding carboxylic acids is 1. The minimum absolute atomic E-state index is 0.128. The van der Waals surface area contributed by atoms with E-state index in [2.05, 4.69) is 52.6 Å². The van der Waals surface area contributed by atoms with Gasteiger partial charge in [-0.3, -0.25) is 9.69 Å². The van der Waals surface area contributed by atoms with Gasteiger partial charge in [-0.1, -0.05) is 31.0 Å². The molecular weight excluding hydrogens is 684 g/mol. The van der Waals surface area contributed by atoms with E-state index >= 15 is 0 Å². The van der Waals surface area contributed by atoms with Crippen molar-refractivity contribution in [2.75, 3.05) is 65.4 Å². The number of aryl methyl sites for hydroxylation is 1. The van der Waals surface area contributed by atoms with Crippen LogP contribution in [0.15, 0.2) is 36.4 Å². The average molecular weight is 741 g/mol. The third-order valence-electron chi connectivity index (χ3n) is 13.7. The molecule has 1 saturated carbocycles. The van der Waals surface area contributed by atoms with Crippen LogP contribution < -0.4 is 14.4 Å². The highest BCUT2D eigenvalue weighted by atomic mass is 35.5. The van der Waals surface area contributed by atoms with Crippen molar-refractivity contribution in [3.63, 3.8) is 0 Å². The van der Waals surface area contributed by atoms with Crippen molar-refractivity contribution < 1.29 is 22.7 Å². The Labute approximate surface area is 310 Å². The van der Waals surface area contributed by atoms with Gasteiger partial charge in [-0.2, -0.15) is 0 Å². The molecule has 1 spiro atoms. The largest absolute Gasteiger partial charge is 0.490 e. The minimum atomic E-state index is -3.91. The lowest BCUT2D eigenvalue weighted by Crippen LogP contribution is -2.70. The van der Waals surface area contributed by atoms with Crippen LogP contribution in [0.3, 0.4) is 0 Å². The van der Waals surface area contributed by atoms with Crippen LogP contribution in [0.2, 0.25) is 5.02 Å². The molecule has 1 amide bonds. The Morgan fingerprint density at radius 3 is 2.53 bits per heavy atom. The van der Waals surface area contributed by atoms with Gasteiger partial charge in [-0.05, 0) is 132 Å². The van der Waals surface area contributed by atoms with Crippen LogP contribution in [0, 0.1) is 17.8 Å². The molecule has 5 aliphatic rings. The van der Waals surface area contributed by atoms with Crippen LogP contribution >= 0.6 is 11.6 Å². The van der Waals surface area contributed by atoms with Crippen molar-refractivity contribution in [3.8, 4) is 5.75 Å². The minimum Gasteiger partial charge on any atom is -0.490 e. The Balaban J connectivity index is 1.29. The summed E-state index contributed by atoms with van der Waals surface area (Å²) in [5, 5.41) is 0.0311. The van der Waals surface area contributed by atoms with Crippen molar-refractivity contribution in [2.45, 2.75) is 93.9 Å². The van der Waals surface area contributed by atoms with Crippen molar-refractivity contribution in [1.82, 2.24) is 14.5 Å². The Morgan fingerprint density at radius 2 is 1.82 bits per heavy atom. The SMILES string of the molecule is CO[C@@]1(CN2CC(C)(N(C)C)C2)CCC[C@H](C)[C@@H](C)S(=O)(=O)NC(=O)c2ccc3c(c2)N(C[C@@H]2CC[C@H]21)C[C@@]1(CCCc2cc(Cl)ccc21)CO3. The summed E-state index contributed by atoms with van der Waals surface area (Å²) in [6.45, 7) is 11.0. The number of rotatable bonds is 4. The summed E-state index contributed by atoms with van der Waals surface area (Å²) in [5.41, 5.74) is 3.31. The number of benzene rings is 2. The fraction of sp³-hybridized carbons (Fsp3) is 0.675. The van der Waals surface area contributed by atoms with E-state index in [4.69, 9.17) is 21.1 Å². The van der Waals surface area contributed by atoms with Gasteiger partial charge in [0.25, 0.3) is 5.91 Å². The van der Waals surface area contributed by atoms with E-state index in [0.29, 0.717) is 24.0 Å². The monoisotopic (exact) mass is 740 g/mol. The summed E-state index contributed by atoms with van der Waals surface area (Å²) in [4.78, 5) is 21.0. The molecule has 2 aliphatic carbocycles. The Hall–Kier alpha value is -2.37. The molecule has 51 heavy (non-hydrogen) atoms. The number of methoxy groups -OCH3 is 1. The van der Waals surface area contributed by atoms with Gasteiger partial charge in [-0.15, -0.1) is 0 Å². The summed E-state index contributed by atoms with van der Waals surface area (Å²) < 4.78 is 43.0. The summed E-state index contributed by atoms with van der Waals surface area (Å²) in [6, 6.07) is 11.7. The smallest absolute Gasteiger partial charge is 0.264 e. The van der Waals surface area contributed by atoms with E-state index in [1.54, 1.807) is 13.0 Å². The van der Waals surface area contributed by atoms with E-state index in [1.165, 1.54) is 11.1 Å². The fourth-order valence-electron chi connectivity index (χ4n) is 9.95. The lowest BCUT2D eigenvalue weighted by atomic mass is 9.62. The molecule has 3 heterocycles. The lowest BCUT2D eigenvalue weighted by Gasteiger charge is -2.58. The first-order chi connectivity index (χ1) is 24.2. The van der Waals surface area contributed by atoms with E-state index in [0.717, 1.165) is 101 Å². The van der Waals surface area contributed by atoms with Crippen molar-refractivity contribution in [3.05, 3.63) is 58.1 Å². The highest BCUT2D eigenvalue weighted by Gasteiger charge is 2.53. The van der Waals surface area contributed by atoms with E-state index < -0.39 is 21.2 Å². The topological polar surface area (TPSA) is 91.4 Å². The standard InChI is InChI=1S/C40H57ClN4O5S/c1-27-9-7-18-40(49-6,25-44-22-38(3,23-44)43(4)5)34-14-11-31(34)21-45-24-39(17-8-10-29-19-32(41)13-15-33(29)39)26-50-36-16-12-30(20-35(36)45)37(46)42-51(47,48)28(27)2/h12-13,15-16,19-20,27-28,31,34H,7-11,14,17-18,21-26H2,1-6H3,(H,42,46)/t27-,28+,31-,34+,39-,40+/m0/s1. The van der Waals surface area contributed by atoms with Crippen LogP contribution in [0.1, 0.15) is 87.2 Å². The number of hydrogen-bond acceptors (Lipinski definition) is 8. The first-order valence-corrected chi connectivity index (χ1v) is 20.9. The Kier molecular flexibility index (Phi) is 10.0. The van der Waals surface area contributed by atoms with Gasteiger partial charge < -0.3 is 19.3 Å². The molecule has 1 N–H and O–H groups in total. The predicted molar refractivity (Wildman–Crippen MR) is 204 cm³/mol. The van der Waals surface area contributed by atoms with Crippen molar-refractivity contribution >= 4 is 33.2 Å². The summed E-state index contributed by atoms with van der Waals surface area (Å²) in [7, 11) is 2.31. The maximum Gasteiger partial charge on any atom is 0.264 e. The summed E-state index contributed by atoms with van der Waals surface area (Å²) in [6.07, 6.45) is 7.70. The number of anilines is 1. The molecule has 0 aromatic heterocycles. The zero-order valence-corrected chi connectivity index (χ0v) is 32.9. The molecule has 2 bridgehead atoms. The van der Waals surface area contributed by atoms with Gasteiger partial charge in [-0.25, -0.2) is 13.1 Å². The van der Waals surface area contributed by atoms with Crippen molar-refractivity contribution in [1.29, 1.82) is 0 Å². The molecule has 9 nitrogen and oxygen atoms in total. The molecule has 3 aliphatic heterocycles. The molecule has 6 atom stereocenters. The van der Waals surface area contributed by atoms with Crippen LogP contribution in [-0.2, 0) is 26.6 Å². The number of nitrogens with one attached hydrogen (secondary N) is 1. The third-order valence-corrected chi connectivity index (χ3v) is 15.9. The van der Waals surface area contributed by atoms with E-state index in [9.17, 15) is 13.2 Å². The molecule has 1 saturated heterocycles. The molecule has 2 aromatic rings. The number of likely N-dealkylation sites (N-methyl/N-ethyl adjacent to an activating group) is 1. The molecule has 0 radical (unpaired) electrons. The number of amides is 1. The number of nitrogens with zero attached hydrogens (tertiary/aromatic N) is 3.